The van der Waals surface area contributed by atoms with E-state index in [1.54, 1.807) is 0 Å². The number of hydrogen-bond donors (Lipinski definition) is 2. The number of rotatable bonds is 8. The maximum absolute atomic E-state index is 12.3. The molecule has 0 unspecified atom stereocenters. The van der Waals surface area contributed by atoms with Crippen LogP contribution in [-0.4, -0.2) is 39.3 Å². The van der Waals surface area contributed by atoms with E-state index in [9.17, 15) is 13.6 Å². The quantitative estimate of drug-likeness (QED) is 0.719. The fourth-order valence-electron chi connectivity index (χ4n) is 1.55. The second-order valence-corrected chi connectivity index (χ2v) is 3.85. The third-order valence-corrected chi connectivity index (χ3v) is 2.48. The van der Waals surface area contributed by atoms with Crippen LogP contribution in [0.2, 0.25) is 0 Å². The van der Waals surface area contributed by atoms with E-state index in [4.69, 9.17) is 4.74 Å². The van der Waals surface area contributed by atoms with Crippen molar-refractivity contribution < 1.29 is 23.0 Å². The van der Waals surface area contributed by atoms with Gasteiger partial charge < -0.3 is 20.1 Å². The number of likely N-dealkylation sites (N-methyl/N-ethyl adjacent to an activating group) is 1. The van der Waals surface area contributed by atoms with Gasteiger partial charge in [0.15, 0.2) is 11.5 Å². The van der Waals surface area contributed by atoms with Crippen molar-refractivity contribution in [3.8, 4) is 11.5 Å². The van der Waals surface area contributed by atoms with Crippen molar-refractivity contribution in [3.63, 3.8) is 0 Å². The second kappa shape index (κ2) is 10.2. The Labute approximate surface area is 128 Å². The first kappa shape index (κ1) is 19.4. The predicted molar refractivity (Wildman–Crippen MR) is 77.8 cm³/mol. The number of hydrogen-bond acceptors (Lipinski definition) is 4. The molecule has 0 heterocycles. The SMILES string of the molecule is CCNCCNC(=O)c1ccc(OC)c(OC(F)F)c1.Cl. The lowest BCUT2D eigenvalue weighted by Gasteiger charge is -2.11. The van der Waals surface area contributed by atoms with Gasteiger partial charge in [-0.05, 0) is 24.7 Å². The van der Waals surface area contributed by atoms with E-state index in [1.165, 1.54) is 25.3 Å². The van der Waals surface area contributed by atoms with Crippen LogP contribution in [0.5, 0.6) is 11.5 Å². The van der Waals surface area contributed by atoms with Crippen molar-refractivity contribution in [3.05, 3.63) is 23.8 Å². The number of nitrogens with one attached hydrogen (secondary N) is 2. The Bertz CT molecular complexity index is 447. The van der Waals surface area contributed by atoms with Crippen molar-refractivity contribution in [1.29, 1.82) is 0 Å². The highest BCUT2D eigenvalue weighted by molar-refractivity contribution is 5.94. The summed E-state index contributed by atoms with van der Waals surface area (Å²) in [6.45, 7) is 0.878. The van der Waals surface area contributed by atoms with Crippen LogP contribution >= 0.6 is 12.4 Å². The van der Waals surface area contributed by atoms with Crippen LogP contribution in [0.1, 0.15) is 17.3 Å². The average molecular weight is 325 g/mol. The molecule has 1 aromatic carbocycles. The summed E-state index contributed by atoms with van der Waals surface area (Å²) in [5, 5.41) is 5.72. The molecule has 120 valence electrons. The predicted octanol–water partition coefficient (Wildman–Crippen LogP) is 2.06. The topological polar surface area (TPSA) is 59.6 Å². The van der Waals surface area contributed by atoms with Crippen molar-refractivity contribution in [2.45, 2.75) is 13.5 Å². The van der Waals surface area contributed by atoms with Gasteiger partial charge in [-0.1, -0.05) is 6.92 Å². The van der Waals surface area contributed by atoms with Crippen molar-refractivity contribution in [2.75, 3.05) is 26.7 Å². The fraction of sp³-hybridized carbons (Fsp3) is 0.462. The van der Waals surface area contributed by atoms with Crippen LogP contribution in [0, 0.1) is 0 Å². The molecule has 21 heavy (non-hydrogen) atoms. The van der Waals surface area contributed by atoms with Crippen LogP contribution in [0.25, 0.3) is 0 Å². The van der Waals surface area contributed by atoms with Crippen molar-refractivity contribution >= 4 is 18.3 Å². The Balaban J connectivity index is 0.00000400. The summed E-state index contributed by atoms with van der Waals surface area (Å²) in [5.41, 5.74) is 0.234. The number of carbonyl (C=O) groups is 1. The number of methoxy groups -OCH3 is 1. The van der Waals surface area contributed by atoms with E-state index in [0.29, 0.717) is 13.1 Å². The first-order valence-corrected chi connectivity index (χ1v) is 6.20. The second-order valence-electron chi connectivity index (χ2n) is 3.85. The largest absolute Gasteiger partial charge is 0.493 e. The number of ether oxygens (including phenoxy) is 2. The van der Waals surface area contributed by atoms with E-state index >= 15 is 0 Å². The zero-order valence-electron chi connectivity index (χ0n) is 11.8. The van der Waals surface area contributed by atoms with Crippen molar-refractivity contribution in [2.24, 2.45) is 0 Å². The number of halogens is 3. The summed E-state index contributed by atoms with van der Waals surface area (Å²) in [6.07, 6.45) is 0. The van der Waals surface area contributed by atoms with Gasteiger partial charge in [0.1, 0.15) is 0 Å². The molecule has 1 aromatic rings. The minimum Gasteiger partial charge on any atom is -0.493 e. The van der Waals surface area contributed by atoms with Crippen LogP contribution in [0.3, 0.4) is 0 Å². The minimum atomic E-state index is -2.98. The molecular formula is C13H19ClF2N2O3. The van der Waals surface area contributed by atoms with Crippen LogP contribution < -0.4 is 20.1 Å². The van der Waals surface area contributed by atoms with Gasteiger partial charge in [0.05, 0.1) is 7.11 Å². The molecule has 8 heteroatoms. The van der Waals surface area contributed by atoms with Gasteiger partial charge in [-0.3, -0.25) is 4.79 Å². The van der Waals surface area contributed by atoms with E-state index in [2.05, 4.69) is 15.4 Å². The van der Waals surface area contributed by atoms with Crippen molar-refractivity contribution in [1.82, 2.24) is 10.6 Å². The highest BCUT2D eigenvalue weighted by atomic mass is 35.5. The molecule has 0 saturated carbocycles. The summed E-state index contributed by atoms with van der Waals surface area (Å²) in [7, 11) is 1.34. The molecule has 0 radical (unpaired) electrons. The van der Waals surface area contributed by atoms with Gasteiger partial charge in [0, 0.05) is 18.7 Å². The normalized spacial score (nSPS) is 9.95. The molecule has 0 fully saturated rings. The molecule has 0 aromatic heterocycles. The lowest BCUT2D eigenvalue weighted by molar-refractivity contribution is -0.0512. The van der Waals surface area contributed by atoms with E-state index in [-0.39, 0.29) is 35.4 Å². The molecule has 0 aliphatic heterocycles. The maximum Gasteiger partial charge on any atom is 0.387 e. The van der Waals surface area contributed by atoms with Gasteiger partial charge in [-0.15, -0.1) is 12.4 Å². The van der Waals surface area contributed by atoms with Gasteiger partial charge in [0.25, 0.3) is 5.91 Å². The molecule has 1 amide bonds. The van der Waals surface area contributed by atoms with Gasteiger partial charge in [-0.2, -0.15) is 8.78 Å². The van der Waals surface area contributed by atoms with E-state index < -0.39 is 6.61 Å². The lowest BCUT2D eigenvalue weighted by Crippen LogP contribution is -2.31. The van der Waals surface area contributed by atoms with Gasteiger partial charge >= 0.3 is 6.61 Å². The summed E-state index contributed by atoms with van der Waals surface area (Å²) >= 11 is 0. The smallest absolute Gasteiger partial charge is 0.387 e. The molecular weight excluding hydrogens is 306 g/mol. The average Bonchev–Trinajstić information content (AvgIpc) is 2.42. The zero-order valence-corrected chi connectivity index (χ0v) is 12.6. The zero-order chi connectivity index (χ0) is 15.0. The Morgan fingerprint density at radius 1 is 1.29 bits per heavy atom. The highest BCUT2D eigenvalue weighted by Gasteiger charge is 2.14. The number of alkyl halides is 2. The Morgan fingerprint density at radius 3 is 2.57 bits per heavy atom. The lowest BCUT2D eigenvalue weighted by atomic mass is 10.2. The highest BCUT2D eigenvalue weighted by Crippen LogP contribution is 2.29. The summed E-state index contributed by atoms with van der Waals surface area (Å²) in [5.74, 6) is -0.374. The molecule has 5 nitrogen and oxygen atoms in total. The minimum absolute atomic E-state index is 0. The first-order valence-electron chi connectivity index (χ1n) is 6.20. The van der Waals surface area contributed by atoms with E-state index in [1.807, 2.05) is 6.92 Å². The fourth-order valence-corrected chi connectivity index (χ4v) is 1.55. The van der Waals surface area contributed by atoms with Crippen LogP contribution in [0.4, 0.5) is 8.78 Å². The molecule has 0 bridgehead atoms. The Morgan fingerprint density at radius 2 is 2.00 bits per heavy atom. The monoisotopic (exact) mass is 324 g/mol. The maximum atomic E-state index is 12.3. The molecule has 0 atom stereocenters. The molecule has 0 aliphatic carbocycles. The summed E-state index contributed by atoms with van der Waals surface area (Å²) in [6, 6.07) is 4.13. The van der Waals surface area contributed by atoms with E-state index in [0.717, 1.165) is 6.54 Å². The summed E-state index contributed by atoms with van der Waals surface area (Å²) < 4.78 is 33.8. The Hall–Kier alpha value is -1.60. The number of benzene rings is 1. The van der Waals surface area contributed by atoms with Gasteiger partial charge in [0.2, 0.25) is 0 Å². The van der Waals surface area contributed by atoms with Crippen LogP contribution in [0.15, 0.2) is 18.2 Å². The standard InChI is InChI=1S/C13H18F2N2O3.ClH/c1-3-16-6-7-17-12(18)9-4-5-10(19-2)11(8-9)20-13(14)15;/h4-5,8,13,16H,3,6-7H2,1-2H3,(H,17,18);1H. The molecule has 2 N–H and O–H groups in total. The molecule has 0 aliphatic rings. The van der Waals surface area contributed by atoms with Crippen LogP contribution in [-0.2, 0) is 0 Å². The molecule has 0 saturated heterocycles. The van der Waals surface area contributed by atoms with Gasteiger partial charge in [-0.25, -0.2) is 0 Å². The molecule has 1 rings (SSSR count). The summed E-state index contributed by atoms with van der Waals surface area (Å²) in [4.78, 5) is 11.8. The Kier molecular flexibility index (Phi) is 9.40. The third kappa shape index (κ3) is 6.59. The third-order valence-electron chi connectivity index (χ3n) is 2.48. The number of amides is 1. The molecule has 0 spiro atoms. The number of carbonyl (C=O) groups excluding carboxylic acids is 1. The first-order chi connectivity index (χ1) is 9.58.